The van der Waals surface area contributed by atoms with Gasteiger partial charge in [-0.25, -0.2) is 12.8 Å². The summed E-state index contributed by atoms with van der Waals surface area (Å²) < 4.78 is 44.3. The van der Waals surface area contributed by atoms with Gasteiger partial charge in [0.2, 0.25) is 11.8 Å². The van der Waals surface area contributed by atoms with Crippen molar-refractivity contribution in [1.82, 2.24) is 10.2 Å². The standard InChI is InChI=1S/C37H42FN3O4S/c1-4-5-24-39-37(43)35(25-29-14-8-6-9-15-29)40(26-31-16-12-13-19-34(31)38)36(42)27-41(32-22-20-30(21-23-32)28(2)3)46(44,45)33-17-10-7-11-18-33/h6-23,28,35H,4-5,24-27H2,1-3H3,(H,39,43). The number of sulfonamides is 1. The van der Waals surface area contributed by atoms with Crippen molar-refractivity contribution in [3.05, 3.63) is 132 Å². The van der Waals surface area contributed by atoms with Crippen LogP contribution in [0.25, 0.3) is 0 Å². The van der Waals surface area contributed by atoms with Crippen molar-refractivity contribution in [3.63, 3.8) is 0 Å². The van der Waals surface area contributed by atoms with Crippen molar-refractivity contribution in [2.24, 2.45) is 0 Å². The minimum atomic E-state index is -4.21. The van der Waals surface area contributed by atoms with E-state index < -0.39 is 34.3 Å². The van der Waals surface area contributed by atoms with Gasteiger partial charge in [0.1, 0.15) is 18.4 Å². The molecule has 242 valence electrons. The molecule has 1 N–H and O–H groups in total. The van der Waals surface area contributed by atoms with Crippen LogP contribution in [0.4, 0.5) is 10.1 Å². The van der Waals surface area contributed by atoms with Gasteiger partial charge in [-0.15, -0.1) is 0 Å². The van der Waals surface area contributed by atoms with Crippen molar-refractivity contribution in [3.8, 4) is 0 Å². The number of nitrogens with zero attached hydrogens (tertiary/aromatic N) is 2. The maximum Gasteiger partial charge on any atom is 0.264 e. The fourth-order valence-corrected chi connectivity index (χ4v) is 6.58. The first-order chi connectivity index (χ1) is 22.1. The Hall–Kier alpha value is -4.50. The lowest BCUT2D eigenvalue weighted by Crippen LogP contribution is -2.53. The van der Waals surface area contributed by atoms with Gasteiger partial charge in [-0.2, -0.15) is 0 Å². The van der Waals surface area contributed by atoms with Crippen molar-refractivity contribution in [2.75, 3.05) is 17.4 Å². The molecule has 4 aromatic carbocycles. The second-order valence-electron chi connectivity index (χ2n) is 11.5. The molecule has 9 heteroatoms. The third kappa shape index (κ3) is 8.81. The van der Waals surface area contributed by atoms with Crippen LogP contribution in [0.1, 0.15) is 56.2 Å². The summed E-state index contributed by atoms with van der Waals surface area (Å²) in [4.78, 5) is 29.6. The molecule has 0 bridgehead atoms. The summed E-state index contributed by atoms with van der Waals surface area (Å²) in [6.07, 6.45) is 1.78. The fourth-order valence-electron chi connectivity index (χ4n) is 5.14. The third-order valence-corrected chi connectivity index (χ3v) is 9.65. The number of carbonyl (C=O) groups is 2. The van der Waals surface area contributed by atoms with E-state index in [1.807, 2.05) is 63.2 Å². The highest BCUT2D eigenvalue weighted by Gasteiger charge is 2.35. The molecule has 0 radical (unpaired) electrons. The van der Waals surface area contributed by atoms with Crippen molar-refractivity contribution in [1.29, 1.82) is 0 Å². The Balaban J connectivity index is 1.80. The number of anilines is 1. The Morgan fingerprint density at radius 3 is 2.04 bits per heavy atom. The average Bonchev–Trinajstić information content (AvgIpc) is 3.06. The summed E-state index contributed by atoms with van der Waals surface area (Å²) in [5, 5.41) is 2.94. The summed E-state index contributed by atoms with van der Waals surface area (Å²) in [7, 11) is -4.21. The number of nitrogens with one attached hydrogen (secondary N) is 1. The number of halogens is 1. The summed E-state index contributed by atoms with van der Waals surface area (Å²) in [6.45, 7) is 5.68. The van der Waals surface area contributed by atoms with Crippen LogP contribution < -0.4 is 9.62 Å². The van der Waals surface area contributed by atoms with Gasteiger partial charge in [0.05, 0.1) is 10.6 Å². The molecular formula is C37H42FN3O4S. The molecule has 0 aromatic heterocycles. The zero-order valence-electron chi connectivity index (χ0n) is 26.6. The number of amides is 2. The van der Waals surface area contributed by atoms with Crippen LogP contribution in [0.2, 0.25) is 0 Å². The quantitative estimate of drug-likeness (QED) is 0.146. The van der Waals surface area contributed by atoms with Crippen LogP contribution >= 0.6 is 0 Å². The van der Waals surface area contributed by atoms with Crippen molar-refractivity contribution in [2.45, 2.75) is 63.4 Å². The van der Waals surface area contributed by atoms with Crippen molar-refractivity contribution < 1.29 is 22.4 Å². The second kappa shape index (κ2) is 16.2. The van der Waals surface area contributed by atoms with Gasteiger partial charge in [0, 0.05) is 25.1 Å². The lowest BCUT2D eigenvalue weighted by atomic mass is 10.0. The van der Waals surface area contributed by atoms with Gasteiger partial charge >= 0.3 is 0 Å². The van der Waals surface area contributed by atoms with Gasteiger partial charge in [-0.1, -0.05) is 106 Å². The lowest BCUT2D eigenvalue weighted by Gasteiger charge is -2.34. The average molecular weight is 644 g/mol. The van der Waals surface area contributed by atoms with E-state index in [1.54, 1.807) is 48.5 Å². The highest BCUT2D eigenvalue weighted by molar-refractivity contribution is 7.92. The molecule has 4 rings (SSSR count). The largest absolute Gasteiger partial charge is 0.354 e. The monoisotopic (exact) mass is 643 g/mol. The Morgan fingerprint density at radius 2 is 1.43 bits per heavy atom. The van der Waals surface area contributed by atoms with E-state index in [0.717, 1.165) is 28.3 Å². The van der Waals surface area contributed by atoms with Gasteiger partial charge in [-0.05, 0) is 53.8 Å². The minimum Gasteiger partial charge on any atom is -0.354 e. The van der Waals surface area contributed by atoms with E-state index in [4.69, 9.17) is 0 Å². The van der Waals surface area contributed by atoms with Crippen LogP contribution in [-0.4, -0.2) is 44.3 Å². The molecule has 4 aromatic rings. The Bertz CT molecular complexity index is 1680. The first-order valence-corrected chi connectivity index (χ1v) is 17.1. The molecule has 0 heterocycles. The highest BCUT2D eigenvalue weighted by Crippen LogP contribution is 2.27. The SMILES string of the molecule is CCCCNC(=O)C(Cc1ccccc1)N(Cc1ccccc1F)C(=O)CN(c1ccc(C(C)C)cc1)S(=O)(=O)c1ccccc1. The minimum absolute atomic E-state index is 0.0227. The number of hydrogen-bond donors (Lipinski definition) is 1. The summed E-state index contributed by atoms with van der Waals surface area (Å²) >= 11 is 0. The van der Waals surface area contributed by atoms with Crippen LogP contribution in [0, 0.1) is 5.82 Å². The van der Waals surface area contributed by atoms with E-state index in [1.165, 1.54) is 23.1 Å². The smallest absolute Gasteiger partial charge is 0.264 e. The molecule has 7 nitrogen and oxygen atoms in total. The zero-order valence-corrected chi connectivity index (χ0v) is 27.4. The highest BCUT2D eigenvalue weighted by atomic mass is 32.2. The van der Waals surface area contributed by atoms with E-state index in [0.29, 0.717) is 12.2 Å². The molecule has 0 saturated carbocycles. The molecule has 0 fully saturated rings. The molecule has 0 spiro atoms. The Kier molecular flexibility index (Phi) is 12.1. The molecular weight excluding hydrogens is 601 g/mol. The van der Waals surface area contributed by atoms with Crippen LogP contribution in [-0.2, 0) is 32.6 Å². The molecule has 0 aliphatic carbocycles. The van der Waals surface area contributed by atoms with Crippen LogP contribution in [0.15, 0.2) is 114 Å². The Morgan fingerprint density at radius 1 is 0.826 bits per heavy atom. The molecule has 46 heavy (non-hydrogen) atoms. The number of benzene rings is 4. The van der Waals surface area contributed by atoms with Gasteiger partial charge in [0.25, 0.3) is 10.0 Å². The molecule has 1 unspecified atom stereocenters. The van der Waals surface area contributed by atoms with Gasteiger partial charge < -0.3 is 10.2 Å². The normalized spacial score (nSPS) is 12.0. The molecule has 2 amide bonds. The van der Waals surface area contributed by atoms with E-state index in [9.17, 15) is 18.0 Å². The number of hydrogen-bond acceptors (Lipinski definition) is 4. The Labute approximate surface area is 272 Å². The topological polar surface area (TPSA) is 86.8 Å². The summed E-state index contributed by atoms with van der Waals surface area (Å²) in [6, 6.07) is 29.3. The zero-order chi connectivity index (χ0) is 33.1. The van der Waals surface area contributed by atoms with E-state index in [-0.39, 0.29) is 35.2 Å². The summed E-state index contributed by atoms with van der Waals surface area (Å²) in [5.41, 5.74) is 2.34. The number of unbranched alkanes of at least 4 members (excludes halogenated alkanes) is 1. The first-order valence-electron chi connectivity index (χ1n) is 15.6. The molecule has 0 aliphatic rings. The maximum atomic E-state index is 15.0. The molecule has 0 aliphatic heterocycles. The fraction of sp³-hybridized carbons (Fsp3) is 0.297. The number of rotatable bonds is 15. The van der Waals surface area contributed by atoms with E-state index in [2.05, 4.69) is 5.32 Å². The van der Waals surface area contributed by atoms with Crippen LogP contribution in [0.3, 0.4) is 0 Å². The number of carbonyl (C=O) groups excluding carboxylic acids is 2. The second-order valence-corrected chi connectivity index (χ2v) is 13.4. The van der Waals surface area contributed by atoms with Crippen molar-refractivity contribution >= 4 is 27.5 Å². The third-order valence-electron chi connectivity index (χ3n) is 7.86. The predicted molar refractivity (Wildman–Crippen MR) is 180 cm³/mol. The van der Waals surface area contributed by atoms with Gasteiger partial charge in [0.15, 0.2) is 0 Å². The lowest BCUT2D eigenvalue weighted by molar-refractivity contribution is -0.140. The van der Waals surface area contributed by atoms with E-state index >= 15 is 4.39 Å². The predicted octanol–water partition coefficient (Wildman–Crippen LogP) is 6.70. The molecule has 0 saturated heterocycles. The molecule has 1 atom stereocenters. The maximum absolute atomic E-state index is 15.0. The van der Waals surface area contributed by atoms with Gasteiger partial charge in [-0.3, -0.25) is 13.9 Å². The summed E-state index contributed by atoms with van der Waals surface area (Å²) in [5.74, 6) is -1.33. The first kappa shape index (κ1) is 34.4. The van der Waals surface area contributed by atoms with Crippen LogP contribution in [0.5, 0.6) is 0 Å².